The van der Waals surface area contributed by atoms with Gasteiger partial charge in [-0.2, -0.15) is 0 Å². The van der Waals surface area contributed by atoms with Crippen LogP contribution in [0.25, 0.3) is 0 Å². The number of benzene rings is 1. The zero-order valence-corrected chi connectivity index (χ0v) is 14.7. The summed E-state index contributed by atoms with van der Waals surface area (Å²) in [7, 11) is 0. The van der Waals surface area contributed by atoms with Gasteiger partial charge in [0.1, 0.15) is 4.88 Å². The van der Waals surface area contributed by atoms with Crippen LogP contribution in [-0.4, -0.2) is 30.8 Å². The number of carbonyl (C=O) groups excluding carboxylic acids is 2. The van der Waals surface area contributed by atoms with Crippen molar-refractivity contribution in [3.05, 3.63) is 51.7 Å². The molecular weight excluding hydrogens is 354 g/mol. The third kappa shape index (κ3) is 6.64. The smallest absolute Gasteiger partial charge is 0.348 e. The van der Waals surface area contributed by atoms with Crippen molar-refractivity contribution < 1.29 is 14.3 Å². The molecule has 0 radical (unpaired) electrons. The molecule has 0 aliphatic rings. The molecule has 1 aromatic heterocycles. The molecule has 0 saturated carbocycles. The van der Waals surface area contributed by atoms with Crippen LogP contribution in [0.15, 0.2) is 47.4 Å². The van der Waals surface area contributed by atoms with Gasteiger partial charge in [-0.25, -0.2) is 4.79 Å². The lowest BCUT2D eigenvalue weighted by atomic mass is 10.4. The number of halogens is 1. The fraction of sp³-hybridized carbons (Fsp3) is 0.250. The number of ether oxygens (including phenoxy) is 1. The number of nitrogens with one attached hydrogen (secondary N) is 1. The topological polar surface area (TPSA) is 55.4 Å². The van der Waals surface area contributed by atoms with Crippen molar-refractivity contribution in [3.63, 3.8) is 0 Å². The number of thioether (sulfide) groups is 1. The lowest BCUT2D eigenvalue weighted by Crippen LogP contribution is -2.29. The summed E-state index contributed by atoms with van der Waals surface area (Å²) in [4.78, 5) is 24.8. The molecule has 0 spiro atoms. The van der Waals surface area contributed by atoms with Crippen molar-refractivity contribution in [2.24, 2.45) is 0 Å². The average molecular weight is 370 g/mol. The summed E-state index contributed by atoms with van der Waals surface area (Å²) >= 11 is 8.61. The summed E-state index contributed by atoms with van der Waals surface area (Å²) < 4.78 is 5.44. The van der Waals surface area contributed by atoms with Crippen LogP contribution in [0.3, 0.4) is 0 Å². The lowest BCUT2D eigenvalue weighted by molar-refractivity contribution is -0.124. The molecule has 0 atom stereocenters. The minimum absolute atomic E-state index is 0.278. The Bertz CT molecular complexity index is 646. The molecule has 7 heteroatoms. The summed E-state index contributed by atoms with van der Waals surface area (Å²) in [6.45, 7) is 0.279. The third-order valence-corrected chi connectivity index (χ3v) is 5.07. The summed E-state index contributed by atoms with van der Waals surface area (Å²) in [6, 6.07) is 13.3. The summed E-state index contributed by atoms with van der Waals surface area (Å²) in [5, 5.41) is 2.73. The Morgan fingerprint density at radius 2 is 1.96 bits per heavy atom. The van der Waals surface area contributed by atoms with Crippen molar-refractivity contribution in [3.8, 4) is 0 Å². The third-order valence-electron chi connectivity index (χ3n) is 2.76. The predicted octanol–water partition coefficient (Wildman–Crippen LogP) is 3.86. The van der Waals surface area contributed by atoms with Crippen LogP contribution in [0.2, 0.25) is 4.34 Å². The molecule has 1 aromatic carbocycles. The first-order valence-corrected chi connectivity index (χ1v) is 9.20. The predicted molar refractivity (Wildman–Crippen MR) is 94.4 cm³/mol. The maximum absolute atomic E-state index is 11.6. The highest BCUT2D eigenvalue weighted by molar-refractivity contribution is 7.99. The molecule has 0 aliphatic carbocycles. The lowest BCUT2D eigenvalue weighted by Gasteiger charge is -2.06. The molecule has 0 aliphatic heterocycles. The largest absolute Gasteiger partial charge is 0.451 e. The van der Waals surface area contributed by atoms with Crippen LogP contribution >= 0.6 is 34.7 Å². The van der Waals surface area contributed by atoms with Crippen LogP contribution in [0.1, 0.15) is 16.1 Å². The highest BCUT2D eigenvalue weighted by atomic mass is 35.5. The van der Waals surface area contributed by atoms with Crippen molar-refractivity contribution in [1.29, 1.82) is 0 Å². The van der Waals surface area contributed by atoms with Crippen LogP contribution in [-0.2, 0) is 9.53 Å². The second-order valence-electron chi connectivity index (χ2n) is 4.54. The Hall–Kier alpha value is -1.50. The molecular formula is C16H16ClNO3S2. The molecule has 1 N–H and O–H groups in total. The molecule has 4 nitrogen and oxygen atoms in total. The van der Waals surface area contributed by atoms with Crippen LogP contribution in [0.5, 0.6) is 0 Å². The van der Waals surface area contributed by atoms with Crippen molar-refractivity contribution in [2.75, 3.05) is 18.9 Å². The molecule has 0 fully saturated rings. The molecule has 2 aromatic rings. The van der Waals surface area contributed by atoms with E-state index in [-0.39, 0.29) is 12.5 Å². The maximum Gasteiger partial charge on any atom is 0.348 e. The van der Waals surface area contributed by atoms with E-state index < -0.39 is 5.97 Å². The van der Waals surface area contributed by atoms with Gasteiger partial charge in [-0.15, -0.1) is 23.1 Å². The van der Waals surface area contributed by atoms with E-state index in [0.29, 0.717) is 15.8 Å². The molecule has 0 unspecified atom stereocenters. The Morgan fingerprint density at radius 3 is 2.65 bits per heavy atom. The molecule has 0 bridgehead atoms. The minimum Gasteiger partial charge on any atom is -0.451 e. The summed E-state index contributed by atoms with van der Waals surface area (Å²) in [5.74, 6) is 0.0833. The van der Waals surface area contributed by atoms with E-state index in [0.717, 1.165) is 23.5 Å². The fourth-order valence-electron chi connectivity index (χ4n) is 1.68. The van der Waals surface area contributed by atoms with Gasteiger partial charge in [0.15, 0.2) is 6.61 Å². The number of hydrogen-bond acceptors (Lipinski definition) is 5. The Balaban J connectivity index is 1.56. The van der Waals surface area contributed by atoms with Gasteiger partial charge in [0.2, 0.25) is 0 Å². The highest BCUT2D eigenvalue weighted by Crippen LogP contribution is 2.21. The Labute approximate surface area is 148 Å². The maximum atomic E-state index is 11.6. The van der Waals surface area contributed by atoms with Gasteiger partial charge in [0.25, 0.3) is 5.91 Å². The first kappa shape index (κ1) is 17.8. The molecule has 1 heterocycles. The second kappa shape index (κ2) is 9.60. The van der Waals surface area contributed by atoms with E-state index in [4.69, 9.17) is 16.3 Å². The van der Waals surface area contributed by atoms with Crippen molar-refractivity contribution in [2.45, 2.75) is 11.3 Å². The highest BCUT2D eigenvalue weighted by Gasteiger charge is 2.12. The SMILES string of the molecule is O=C(COC(=O)c1ccc(Cl)s1)NCCCSc1ccccc1. The monoisotopic (exact) mass is 369 g/mol. The first-order valence-electron chi connectivity index (χ1n) is 7.02. The van der Waals surface area contributed by atoms with E-state index in [1.54, 1.807) is 23.9 Å². The summed E-state index contributed by atoms with van der Waals surface area (Å²) in [5.41, 5.74) is 0. The van der Waals surface area contributed by atoms with E-state index in [1.165, 1.54) is 4.90 Å². The van der Waals surface area contributed by atoms with E-state index in [2.05, 4.69) is 17.4 Å². The van der Waals surface area contributed by atoms with E-state index in [9.17, 15) is 9.59 Å². The fourth-order valence-corrected chi connectivity index (χ4v) is 3.49. The number of thiophene rings is 1. The van der Waals surface area contributed by atoms with Gasteiger partial charge in [-0.05, 0) is 36.4 Å². The molecule has 23 heavy (non-hydrogen) atoms. The molecule has 1 amide bonds. The van der Waals surface area contributed by atoms with Gasteiger partial charge < -0.3 is 10.1 Å². The molecule has 0 saturated heterocycles. The number of esters is 1. The van der Waals surface area contributed by atoms with Gasteiger partial charge in [0.05, 0.1) is 4.34 Å². The Morgan fingerprint density at radius 1 is 1.17 bits per heavy atom. The number of rotatable bonds is 8. The van der Waals surface area contributed by atoms with E-state index >= 15 is 0 Å². The van der Waals surface area contributed by atoms with Crippen LogP contribution < -0.4 is 5.32 Å². The zero-order chi connectivity index (χ0) is 16.5. The first-order chi connectivity index (χ1) is 11.1. The van der Waals surface area contributed by atoms with Gasteiger partial charge in [-0.3, -0.25) is 4.79 Å². The average Bonchev–Trinajstić information content (AvgIpc) is 3.00. The molecule has 2 rings (SSSR count). The number of hydrogen-bond donors (Lipinski definition) is 1. The van der Waals surface area contributed by atoms with Crippen LogP contribution in [0.4, 0.5) is 0 Å². The van der Waals surface area contributed by atoms with Gasteiger partial charge in [-0.1, -0.05) is 29.8 Å². The van der Waals surface area contributed by atoms with E-state index in [1.807, 2.05) is 18.2 Å². The zero-order valence-electron chi connectivity index (χ0n) is 12.3. The Kier molecular flexibility index (Phi) is 7.45. The van der Waals surface area contributed by atoms with Gasteiger partial charge in [0, 0.05) is 11.4 Å². The minimum atomic E-state index is -0.531. The number of amides is 1. The van der Waals surface area contributed by atoms with Crippen molar-refractivity contribution in [1.82, 2.24) is 5.32 Å². The van der Waals surface area contributed by atoms with Crippen LogP contribution in [0, 0.1) is 0 Å². The normalized spacial score (nSPS) is 10.3. The summed E-state index contributed by atoms with van der Waals surface area (Å²) in [6.07, 6.45) is 0.847. The van der Waals surface area contributed by atoms with Gasteiger partial charge >= 0.3 is 5.97 Å². The standard InChI is InChI=1S/C16H16ClNO3S2/c17-14-8-7-13(23-14)16(20)21-11-15(19)18-9-4-10-22-12-5-2-1-3-6-12/h1-3,5-8H,4,9-11H2,(H,18,19). The quantitative estimate of drug-likeness (QED) is 0.436. The number of carbonyl (C=O) groups is 2. The second-order valence-corrected chi connectivity index (χ2v) is 7.43. The molecule has 122 valence electrons. The van der Waals surface area contributed by atoms with Crippen molar-refractivity contribution >= 4 is 46.6 Å².